The van der Waals surface area contributed by atoms with Crippen LogP contribution < -0.4 is 14.8 Å². The number of nitrogens with zero attached hydrogens (tertiary/aromatic N) is 1. The number of hydrogen-bond acceptors (Lipinski definition) is 7. The molecule has 0 spiro atoms. The lowest BCUT2D eigenvalue weighted by Gasteiger charge is -2.11. The maximum Gasteiger partial charge on any atom is 0.338 e. The van der Waals surface area contributed by atoms with Crippen molar-refractivity contribution in [2.45, 2.75) is 0 Å². The van der Waals surface area contributed by atoms with Gasteiger partial charge in [-0.3, -0.25) is 14.9 Å². The van der Waals surface area contributed by atoms with Gasteiger partial charge in [-0.2, -0.15) is 0 Å². The molecule has 28 heavy (non-hydrogen) atoms. The Hall–Kier alpha value is -3.88. The molecule has 9 heteroatoms. The van der Waals surface area contributed by atoms with Gasteiger partial charge in [-0.05, 0) is 24.3 Å². The van der Waals surface area contributed by atoms with Gasteiger partial charge >= 0.3 is 5.97 Å². The maximum absolute atomic E-state index is 12.1. The van der Waals surface area contributed by atoms with Crippen LogP contribution in [0.2, 0.25) is 0 Å². The normalized spacial score (nSPS) is 9.89. The fourth-order valence-corrected chi connectivity index (χ4v) is 2.20. The molecular weight excluding hydrogens is 368 g/mol. The molecule has 0 fully saturated rings. The summed E-state index contributed by atoms with van der Waals surface area (Å²) in [6, 6.07) is 10.1. The number of amides is 1. The third kappa shape index (κ3) is 5.31. The number of anilines is 1. The standard InChI is InChI=1S/C19H18N2O7/c1-3-10-27-16-9-8-13(11-17(16)26-2)19(23)28-12-18(22)20-14-6-4-5-7-15(14)21(24)25/h3-9,11H,1,10,12H2,2H3,(H,20,22). The molecule has 2 aromatic carbocycles. The summed E-state index contributed by atoms with van der Waals surface area (Å²) in [6.07, 6.45) is 1.57. The van der Waals surface area contributed by atoms with Gasteiger partial charge in [0.1, 0.15) is 12.3 Å². The van der Waals surface area contributed by atoms with Gasteiger partial charge in [0.2, 0.25) is 0 Å². The first-order valence-corrected chi connectivity index (χ1v) is 8.08. The van der Waals surface area contributed by atoms with Crippen molar-refractivity contribution in [2.24, 2.45) is 0 Å². The van der Waals surface area contributed by atoms with Crippen LogP contribution in [0.25, 0.3) is 0 Å². The Bertz CT molecular complexity index is 896. The van der Waals surface area contributed by atoms with E-state index in [2.05, 4.69) is 11.9 Å². The molecule has 146 valence electrons. The first kappa shape index (κ1) is 20.4. The first-order valence-electron chi connectivity index (χ1n) is 8.08. The summed E-state index contributed by atoms with van der Waals surface area (Å²) in [6.45, 7) is 3.21. The van der Waals surface area contributed by atoms with E-state index >= 15 is 0 Å². The van der Waals surface area contributed by atoms with E-state index in [0.29, 0.717) is 11.5 Å². The molecular formula is C19H18N2O7. The van der Waals surface area contributed by atoms with Gasteiger partial charge in [-0.15, -0.1) is 0 Å². The second-order valence-electron chi connectivity index (χ2n) is 5.36. The SMILES string of the molecule is C=CCOc1ccc(C(=O)OCC(=O)Nc2ccccc2[N+](=O)[O-])cc1OC. The molecule has 0 saturated heterocycles. The zero-order valence-corrected chi connectivity index (χ0v) is 15.0. The lowest BCUT2D eigenvalue weighted by atomic mass is 10.2. The number of esters is 1. The molecule has 2 rings (SSSR count). The Morgan fingerprint density at radius 2 is 1.96 bits per heavy atom. The summed E-state index contributed by atoms with van der Waals surface area (Å²) in [7, 11) is 1.42. The Morgan fingerprint density at radius 3 is 2.64 bits per heavy atom. The highest BCUT2D eigenvalue weighted by Gasteiger charge is 2.17. The van der Waals surface area contributed by atoms with Crippen LogP contribution >= 0.6 is 0 Å². The minimum atomic E-state index is -0.758. The summed E-state index contributed by atoms with van der Waals surface area (Å²) in [4.78, 5) is 34.4. The maximum atomic E-state index is 12.1. The number of carbonyl (C=O) groups is 2. The number of nitro groups is 1. The number of methoxy groups -OCH3 is 1. The fraction of sp³-hybridized carbons (Fsp3) is 0.158. The number of para-hydroxylation sites is 2. The number of hydrogen-bond donors (Lipinski definition) is 1. The number of benzene rings is 2. The quantitative estimate of drug-likeness (QED) is 0.305. The minimum absolute atomic E-state index is 0.0129. The van der Waals surface area contributed by atoms with Gasteiger partial charge < -0.3 is 19.5 Å². The molecule has 0 aliphatic rings. The second kappa shape index (κ2) is 9.72. The van der Waals surface area contributed by atoms with Crippen LogP contribution in [0.5, 0.6) is 11.5 Å². The summed E-state index contributed by atoms with van der Waals surface area (Å²) in [5.74, 6) is -0.722. The lowest BCUT2D eigenvalue weighted by Crippen LogP contribution is -2.21. The number of ether oxygens (including phenoxy) is 3. The van der Waals surface area contributed by atoms with Crippen molar-refractivity contribution >= 4 is 23.3 Å². The molecule has 9 nitrogen and oxygen atoms in total. The van der Waals surface area contributed by atoms with E-state index in [1.54, 1.807) is 6.08 Å². The first-order chi connectivity index (χ1) is 13.5. The molecule has 0 unspecified atom stereocenters. The van der Waals surface area contributed by atoms with Crippen molar-refractivity contribution in [2.75, 3.05) is 25.6 Å². The third-order valence-corrected chi connectivity index (χ3v) is 3.47. The van der Waals surface area contributed by atoms with E-state index in [9.17, 15) is 19.7 Å². The summed E-state index contributed by atoms with van der Waals surface area (Å²) in [5.41, 5.74) is -0.0951. The Balaban J connectivity index is 1.99. The minimum Gasteiger partial charge on any atom is -0.493 e. The van der Waals surface area contributed by atoms with Crippen LogP contribution in [-0.4, -0.2) is 37.1 Å². The highest BCUT2D eigenvalue weighted by Crippen LogP contribution is 2.28. The third-order valence-electron chi connectivity index (χ3n) is 3.47. The van der Waals surface area contributed by atoms with Crippen LogP contribution in [0.4, 0.5) is 11.4 Å². The van der Waals surface area contributed by atoms with Gasteiger partial charge in [0, 0.05) is 6.07 Å². The Labute approximate surface area is 160 Å². The largest absolute Gasteiger partial charge is 0.493 e. The predicted octanol–water partition coefficient (Wildman–Crippen LogP) is 2.96. The van der Waals surface area contributed by atoms with E-state index in [4.69, 9.17) is 14.2 Å². The molecule has 0 aliphatic heterocycles. The monoisotopic (exact) mass is 386 g/mol. The number of rotatable bonds is 9. The van der Waals surface area contributed by atoms with Crippen LogP contribution in [0, 0.1) is 10.1 Å². The summed E-state index contributed by atoms with van der Waals surface area (Å²) in [5, 5.41) is 13.3. The summed E-state index contributed by atoms with van der Waals surface area (Å²) < 4.78 is 15.5. The van der Waals surface area contributed by atoms with Crippen molar-refractivity contribution in [1.29, 1.82) is 0 Å². The molecule has 0 radical (unpaired) electrons. The molecule has 1 amide bonds. The fourth-order valence-electron chi connectivity index (χ4n) is 2.20. The molecule has 0 saturated carbocycles. The van der Waals surface area contributed by atoms with Crippen LogP contribution in [0.3, 0.4) is 0 Å². The van der Waals surface area contributed by atoms with Crippen molar-refractivity contribution in [3.05, 3.63) is 70.8 Å². The van der Waals surface area contributed by atoms with E-state index in [-0.39, 0.29) is 23.5 Å². The topological polar surface area (TPSA) is 117 Å². The highest BCUT2D eigenvalue weighted by atomic mass is 16.6. The van der Waals surface area contributed by atoms with Gasteiger partial charge in [0.25, 0.3) is 11.6 Å². The molecule has 0 heterocycles. The van der Waals surface area contributed by atoms with Crippen molar-refractivity contribution in [3.63, 3.8) is 0 Å². The predicted molar refractivity (Wildman–Crippen MR) is 101 cm³/mol. The average Bonchev–Trinajstić information content (AvgIpc) is 2.70. The Kier molecular flexibility index (Phi) is 7.09. The van der Waals surface area contributed by atoms with Gasteiger partial charge in [-0.1, -0.05) is 24.8 Å². The van der Waals surface area contributed by atoms with E-state index in [1.165, 1.54) is 49.6 Å². The van der Waals surface area contributed by atoms with E-state index in [0.717, 1.165) is 0 Å². The van der Waals surface area contributed by atoms with Gasteiger partial charge in [0.05, 0.1) is 17.6 Å². The van der Waals surface area contributed by atoms with E-state index < -0.39 is 23.4 Å². The zero-order valence-electron chi connectivity index (χ0n) is 15.0. The summed E-state index contributed by atoms with van der Waals surface area (Å²) >= 11 is 0. The second-order valence-corrected chi connectivity index (χ2v) is 5.36. The molecule has 2 aromatic rings. The smallest absolute Gasteiger partial charge is 0.338 e. The van der Waals surface area contributed by atoms with Crippen molar-refractivity contribution in [3.8, 4) is 11.5 Å². The van der Waals surface area contributed by atoms with Crippen molar-refractivity contribution in [1.82, 2.24) is 0 Å². The Morgan fingerprint density at radius 1 is 1.21 bits per heavy atom. The van der Waals surface area contributed by atoms with Crippen LogP contribution in [0.1, 0.15) is 10.4 Å². The molecule has 0 aromatic heterocycles. The molecule has 0 aliphatic carbocycles. The van der Waals surface area contributed by atoms with Gasteiger partial charge in [-0.25, -0.2) is 4.79 Å². The zero-order chi connectivity index (χ0) is 20.5. The van der Waals surface area contributed by atoms with Gasteiger partial charge in [0.15, 0.2) is 18.1 Å². The van der Waals surface area contributed by atoms with Crippen LogP contribution in [0.15, 0.2) is 55.1 Å². The average molecular weight is 386 g/mol. The van der Waals surface area contributed by atoms with E-state index in [1.807, 2.05) is 0 Å². The molecule has 0 bridgehead atoms. The number of nitrogens with one attached hydrogen (secondary N) is 1. The molecule has 0 atom stereocenters. The number of carbonyl (C=O) groups excluding carboxylic acids is 2. The van der Waals surface area contributed by atoms with Crippen LogP contribution in [-0.2, 0) is 9.53 Å². The van der Waals surface area contributed by atoms with Crippen molar-refractivity contribution < 1.29 is 28.7 Å². The highest BCUT2D eigenvalue weighted by molar-refractivity contribution is 5.97. The number of nitro benzene ring substituents is 1. The lowest BCUT2D eigenvalue weighted by molar-refractivity contribution is -0.383. The molecule has 1 N–H and O–H groups in total.